The van der Waals surface area contributed by atoms with Crippen LogP contribution in [0.2, 0.25) is 0 Å². The van der Waals surface area contributed by atoms with Gasteiger partial charge in [-0.3, -0.25) is 0 Å². The summed E-state index contributed by atoms with van der Waals surface area (Å²) in [4.78, 5) is 8.41. The normalized spacial score (nSPS) is 19.5. The van der Waals surface area contributed by atoms with Gasteiger partial charge in [-0.05, 0) is 19.4 Å². The van der Waals surface area contributed by atoms with Crippen LogP contribution in [0.25, 0.3) is 0 Å². The predicted octanol–water partition coefficient (Wildman–Crippen LogP) is 0.699. The maximum atomic E-state index is 4.99. The predicted molar refractivity (Wildman–Crippen MR) is 71.9 cm³/mol. The van der Waals surface area contributed by atoms with Crippen LogP contribution in [-0.4, -0.2) is 49.4 Å². The highest BCUT2D eigenvalue weighted by molar-refractivity contribution is 5.47. The average Bonchev–Trinajstić information content (AvgIpc) is 2.41. The number of nitrogens with zero attached hydrogens (tertiary/aromatic N) is 2. The first kappa shape index (κ1) is 13.0. The van der Waals surface area contributed by atoms with E-state index in [9.17, 15) is 0 Å². The summed E-state index contributed by atoms with van der Waals surface area (Å²) in [5.41, 5.74) is 0. The van der Waals surface area contributed by atoms with Crippen molar-refractivity contribution in [3.8, 4) is 0 Å². The lowest BCUT2D eigenvalue weighted by Gasteiger charge is -2.24. The smallest absolute Gasteiger partial charge is 0.131 e. The Kier molecular flexibility index (Phi) is 5.16. The van der Waals surface area contributed by atoms with Gasteiger partial charge in [-0.25, -0.2) is 9.97 Å². The first-order valence-electron chi connectivity index (χ1n) is 6.40. The van der Waals surface area contributed by atoms with Crippen molar-refractivity contribution in [2.75, 3.05) is 44.0 Å². The molecule has 1 aromatic heterocycles. The summed E-state index contributed by atoms with van der Waals surface area (Å²) < 4.78 is 4.99. The third kappa shape index (κ3) is 4.12. The molecule has 1 aromatic rings. The molecule has 1 fully saturated rings. The molecule has 0 amide bonds. The number of anilines is 2. The molecule has 0 radical (unpaired) electrons. The molecule has 0 aromatic carbocycles. The number of methoxy groups -OCH3 is 1. The van der Waals surface area contributed by atoms with Crippen molar-refractivity contribution in [3.63, 3.8) is 0 Å². The topological polar surface area (TPSA) is 71.1 Å². The van der Waals surface area contributed by atoms with Crippen LogP contribution < -0.4 is 16.0 Å². The van der Waals surface area contributed by atoms with E-state index < -0.39 is 0 Å². The molecule has 1 atom stereocenters. The fraction of sp³-hybridized carbons (Fsp3) is 0.667. The van der Waals surface area contributed by atoms with Gasteiger partial charge in [-0.15, -0.1) is 0 Å². The zero-order chi connectivity index (χ0) is 12.6. The van der Waals surface area contributed by atoms with Crippen LogP contribution in [0.15, 0.2) is 12.4 Å². The van der Waals surface area contributed by atoms with Crippen molar-refractivity contribution in [1.82, 2.24) is 15.3 Å². The van der Waals surface area contributed by atoms with Gasteiger partial charge in [-0.1, -0.05) is 0 Å². The molecule has 2 heterocycles. The molecule has 1 aliphatic rings. The van der Waals surface area contributed by atoms with E-state index in [0.29, 0.717) is 12.6 Å². The highest BCUT2D eigenvalue weighted by atomic mass is 16.5. The van der Waals surface area contributed by atoms with Gasteiger partial charge in [0.1, 0.15) is 18.0 Å². The van der Waals surface area contributed by atoms with Crippen molar-refractivity contribution < 1.29 is 4.74 Å². The summed E-state index contributed by atoms with van der Waals surface area (Å²) >= 11 is 0. The van der Waals surface area contributed by atoms with Crippen molar-refractivity contribution in [3.05, 3.63) is 12.4 Å². The molecule has 2 rings (SSSR count). The second-order valence-electron chi connectivity index (χ2n) is 4.40. The Labute approximate surface area is 108 Å². The highest BCUT2D eigenvalue weighted by Gasteiger charge is 2.12. The standard InChI is InChI=1S/C12H21N5O/c1-18-6-5-14-11-7-12(16-9-15-11)17-10-3-2-4-13-8-10/h7,9-10,13H,2-6,8H2,1H3,(H2,14,15,16,17). The van der Waals surface area contributed by atoms with Gasteiger partial charge >= 0.3 is 0 Å². The summed E-state index contributed by atoms with van der Waals surface area (Å²) in [6, 6.07) is 2.39. The Balaban J connectivity index is 1.85. The number of ether oxygens (including phenoxy) is 1. The number of hydrogen-bond acceptors (Lipinski definition) is 6. The molecule has 6 heteroatoms. The SMILES string of the molecule is COCCNc1cc(NC2CCCNC2)ncn1. The summed E-state index contributed by atoms with van der Waals surface area (Å²) in [6.45, 7) is 3.53. The summed E-state index contributed by atoms with van der Waals surface area (Å²) in [7, 11) is 1.69. The summed E-state index contributed by atoms with van der Waals surface area (Å²) in [5.74, 6) is 1.70. The van der Waals surface area contributed by atoms with E-state index in [2.05, 4.69) is 25.9 Å². The number of rotatable bonds is 6. The Hall–Kier alpha value is -1.40. The van der Waals surface area contributed by atoms with Crippen LogP contribution in [0, 0.1) is 0 Å². The van der Waals surface area contributed by atoms with E-state index in [1.807, 2.05) is 6.07 Å². The first-order valence-corrected chi connectivity index (χ1v) is 6.40. The van der Waals surface area contributed by atoms with E-state index in [4.69, 9.17) is 4.74 Å². The van der Waals surface area contributed by atoms with E-state index in [-0.39, 0.29) is 0 Å². The van der Waals surface area contributed by atoms with Crippen LogP contribution in [0.1, 0.15) is 12.8 Å². The van der Waals surface area contributed by atoms with E-state index in [1.54, 1.807) is 13.4 Å². The van der Waals surface area contributed by atoms with Crippen molar-refractivity contribution >= 4 is 11.6 Å². The zero-order valence-corrected chi connectivity index (χ0v) is 10.8. The summed E-state index contributed by atoms with van der Waals surface area (Å²) in [6.07, 6.45) is 3.97. The molecule has 100 valence electrons. The number of hydrogen-bond donors (Lipinski definition) is 3. The molecule has 18 heavy (non-hydrogen) atoms. The Bertz CT molecular complexity index is 354. The van der Waals surface area contributed by atoms with Crippen LogP contribution in [-0.2, 0) is 4.74 Å². The minimum absolute atomic E-state index is 0.459. The fourth-order valence-electron chi connectivity index (χ4n) is 2.00. The highest BCUT2D eigenvalue weighted by Crippen LogP contribution is 2.12. The Morgan fingerprint density at radius 1 is 1.44 bits per heavy atom. The monoisotopic (exact) mass is 251 g/mol. The van der Waals surface area contributed by atoms with Crippen LogP contribution in [0.4, 0.5) is 11.6 Å². The summed E-state index contributed by atoms with van der Waals surface area (Å²) in [5, 5.41) is 9.99. The van der Waals surface area contributed by atoms with Gasteiger partial charge in [0.25, 0.3) is 0 Å². The van der Waals surface area contributed by atoms with E-state index in [0.717, 1.165) is 31.3 Å². The van der Waals surface area contributed by atoms with Gasteiger partial charge < -0.3 is 20.7 Å². The van der Waals surface area contributed by atoms with Gasteiger partial charge in [0.15, 0.2) is 0 Å². The maximum absolute atomic E-state index is 4.99. The molecule has 1 unspecified atom stereocenters. The number of piperidine rings is 1. The second kappa shape index (κ2) is 7.13. The first-order chi connectivity index (χ1) is 8.88. The third-order valence-electron chi connectivity index (χ3n) is 2.93. The lowest BCUT2D eigenvalue weighted by molar-refractivity contribution is 0.210. The molecule has 0 aliphatic carbocycles. The van der Waals surface area contributed by atoms with Gasteiger partial charge in [0.2, 0.25) is 0 Å². The van der Waals surface area contributed by atoms with Crippen molar-refractivity contribution in [1.29, 1.82) is 0 Å². The van der Waals surface area contributed by atoms with Crippen molar-refractivity contribution in [2.24, 2.45) is 0 Å². The number of nitrogens with one attached hydrogen (secondary N) is 3. The van der Waals surface area contributed by atoms with E-state index in [1.165, 1.54) is 12.8 Å². The lowest BCUT2D eigenvalue weighted by atomic mass is 10.1. The zero-order valence-electron chi connectivity index (χ0n) is 10.8. The Morgan fingerprint density at radius 3 is 3.11 bits per heavy atom. The molecule has 1 saturated heterocycles. The molecule has 6 nitrogen and oxygen atoms in total. The molecule has 3 N–H and O–H groups in total. The average molecular weight is 251 g/mol. The third-order valence-corrected chi connectivity index (χ3v) is 2.93. The van der Waals surface area contributed by atoms with Gasteiger partial charge in [-0.2, -0.15) is 0 Å². The minimum Gasteiger partial charge on any atom is -0.383 e. The minimum atomic E-state index is 0.459. The van der Waals surface area contributed by atoms with Crippen LogP contribution >= 0.6 is 0 Å². The maximum Gasteiger partial charge on any atom is 0.131 e. The van der Waals surface area contributed by atoms with Gasteiger partial charge in [0.05, 0.1) is 6.61 Å². The second-order valence-corrected chi connectivity index (χ2v) is 4.40. The largest absolute Gasteiger partial charge is 0.383 e. The molecule has 0 saturated carbocycles. The fourth-order valence-corrected chi connectivity index (χ4v) is 2.00. The Morgan fingerprint density at radius 2 is 2.33 bits per heavy atom. The van der Waals surface area contributed by atoms with Crippen molar-refractivity contribution in [2.45, 2.75) is 18.9 Å². The molecule has 1 aliphatic heterocycles. The molecular formula is C12H21N5O. The quantitative estimate of drug-likeness (QED) is 0.647. The van der Waals surface area contributed by atoms with E-state index >= 15 is 0 Å². The lowest BCUT2D eigenvalue weighted by Crippen LogP contribution is -2.38. The number of aromatic nitrogens is 2. The molecule has 0 spiro atoms. The molecular weight excluding hydrogens is 230 g/mol. The molecule has 0 bridgehead atoms. The van der Waals surface area contributed by atoms with Gasteiger partial charge in [0, 0.05) is 32.3 Å². The van der Waals surface area contributed by atoms with Crippen LogP contribution in [0.3, 0.4) is 0 Å². The van der Waals surface area contributed by atoms with Crippen LogP contribution in [0.5, 0.6) is 0 Å².